The molecule has 3 amide bonds. The van der Waals surface area contributed by atoms with Gasteiger partial charge in [-0.15, -0.1) is 0 Å². The number of nitrogen functional groups attached to an aromatic ring is 1. The van der Waals surface area contributed by atoms with Crippen LogP contribution in [0.25, 0.3) is 0 Å². The summed E-state index contributed by atoms with van der Waals surface area (Å²) < 4.78 is 0. The predicted octanol–water partition coefficient (Wildman–Crippen LogP) is 1.64. The van der Waals surface area contributed by atoms with Gasteiger partial charge in [-0.3, -0.25) is 30.0 Å². The van der Waals surface area contributed by atoms with E-state index in [1.165, 1.54) is 48.2 Å². The van der Waals surface area contributed by atoms with Crippen molar-refractivity contribution >= 4 is 29.4 Å². The second-order valence-corrected chi connectivity index (χ2v) is 7.14. The highest BCUT2D eigenvalue weighted by Crippen LogP contribution is 2.38. The average Bonchev–Trinajstić information content (AvgIpc) is 2.90. The van der Waals surface area contributed by atoms with E-state index in [9.17, 15) is 24.5 Å². The first-order valence-electron chi connectivity index (χ1n) is 9.09. The zero-order valence-corrected chi connectivity index (χ0v) is 16.4. The molecule has 11 nitrogen and oxygen atoms in total. The molecule has 0 aliphatic carbocycles. The summed E-state index contributed by atoms with van der Waals surface area (Å²) in [6.45, 7) is 0.627. The summed E-state index contributed by atoms with van der Waals surface area (Å²) in [4.78, 5) is 49.6. The van der Waals surface area contributed by atoms with Gasteiger partial charge in [-0.2, -0.15) is 0 Å². The fourth-order valence-corrected chi connectivity index (χ4v) is 3.46. The van der Waals surface area contributed by atoms with Gasteiger partial charge < -0.3 is 15.7 Å². The Bertz CT molecular complexity index is 1080. The van der Waals surface area contributed by atoms with Gasteiger partial charge in [0, 0.05) is 24.2 Å². The van der Waals surface area contributed by atoms with E-state index in [0.717, 1.165) is 0 Å². The molecule has 0 radical (unpaired) electrons. The molecule has 1 saturated heterocycles. The largest absolute Gasteiger partial charge is 0.480 e. The zero-order valence-electron chi connectivity index (χ0n) is 16.4. The minimum Gasteiger partial charge on any atom is -0.480 e. The molecule has 0 aromatic heterocycles. The number of nitrogens with one attached hydrogen (secondary N) is 1. The van der Waals surface area contributed by atoms with Crippen molar-refractivity contribution in [3.8, 4) is 0 Å². The van der Waals surface area contributed by atoms with Gasteiger partial charge in [0.1, 0.15) is 17.9 Å². The third kappa shape index (κ3) is 3.80. The lowest BCUT2D eigenvalue weighted by molar-refractivity contribution is -0.384. The molecule has 31 heavy (non-hydrogen) atoms. The lowest BCUT2D eigenvalue weighted by Crippen LogP contribution is -2.44. The summed E-state index contributed by atoms with van der Waals surface area (Å²) in [5, 5.41) is 27.5. The van der Waals surface area contributed by atoms with Gasteiger partial charge in [-0.1, -0.05) is 36.4 Å². The normalized spacial score (nSPS) is 18.4. The Morgan fingerprint density at radius 1 is 1.16 bits per heavy atom. The number of carbonyl (C=O) groups is 3. The Morgan fingerprint density at radius 2 is 1.74 bits per heavy atom. The van der Waals surface area contributed by atoms with Gasteiger partial charge in [-0.25, -0.2) is 4.79 Å². The number of nitrogens with two attached hydrogens (primary N) is 1. The first kappa shape index (κ1) is 21.4. The molecular weight excluding hydrogens is 406 g/mol. The first-order chi connectivity index (χ1) is 14.6. The molecule has 3 rings (SSSR count). The van der Waals surface area contributed by atoms with E-state index in [0.29, 0.717) is 21.6 Å². The molecule has 1 atom stereocenters. The standard InChI is InChI=1S/C20H19N5O6/c1-20(14-6-4-13(5-7-14)17(21)22)18(28)23(11-16(26)27)19(29)24(20)10-12-2-8-15(9-3-12)25(30)31/h2-9H,10-11H2,1H3,(H3,21,22)(H,26,27)/t20-/m1/s1. The molecule has 2 aromatic rings. The molecule has 11 heteroatoms. The number of benzene rings is 2. The van der Waals surface area contributed by atoms with E-state index in [-0.39, 0.29) is 18.1 Å². The third-order valence-electron chi connectivity index (χ3n) is 5.20. The van der Waals surface area contributed by atoms with Crippen LogP contribution < -0.4 is 5.73 Å². The summed E-state index contributed by atoms with van der Waals surface area (Å²) in [5.74, 6) is -2.22. The van der Waals surface area contributed by atoms with E-state index in [1.54, 1.807) is 12.1 Å². The molecule has 0 bridgehead atoms. The van der Waals surface area contributed by atoms with Crippen LogP contribution in [-0.2, 0) is 21.7 Å². The number of aliphatic carboxylic acids is 1. The van der Waals surface area contributed by atoms with E-state index in [2.05, 4.69) is 0 Å². The molecule has 0 unspecified atom stereocenters. The van der Waals surface area contributed by atoms with E-state index in [1.807, 2.05) is 0 Å². The molecule has 160 valence electrons. The Kier molecular flexibility index (Phi) is 5.43. The summed E-state index contributed by atoms with van der Waals surface area (Å²) >= 11 is 0. The summed E-state index contributed by atoms with van der Waals surface area (Å²) in [6.07, 6.45) is 0. The quantitative estimate of drug-likeness (QED) is 0.199. The van der Waals surface area contributed by atoms with Crippen molar-refractivity contribution in [1.82, 2.24) is 9.80 Å². The Hall–Kier alpha value is -4.28. The summed E-state index contributed by atoms with van der Waals surface area (Å²) in [7, 11) is 0. The van der Waals surface area contributed by atoms with Gasteiger partial charge in [0.25, 0.3) is 11.6 Å². The average molecular weight is 425 g/mol. The molecule has 1 heterocycles. The molecule has 2 aromatic carbocycles. The number of nitro groups is 1. The van der Waals surface area contributed by atoms with E-state index in [4.69, 9.17) is 16.2 Å². The summed E-state index contributed by atoms with van der Waals surface area (Å²) in [6, 6.07) is 10.9. The molecule has 1 aliphatic heterocycles. The highest BCUT2D eigenvalue weighted by atomic mass is 16.6. The number of non-ortho nitro benzene ring substituents is 1. The minimum atomic E-state index is -1.52. The zero-order chi connectivity index (χ0) is 22.9. The number of nitrogens with zero attached hydrogens (tertiary/aromatic N) is 3. The van der Waals surface area contributed by atoms with Crippen LogP contribution in [0.4, 0.5) is 10.5 Å². The highest BCUT2D eigenvalue weighted by molar-refractivity contribution is 6.08. The van der Waals surface area contributed by atoms with Crippen molar-refractivity contribution in [1.29, 1.82) is 5.41 Å². The van der Waals surface area contributed by atoms with Crippen molar-refractivity contribution < 1.29 is 24.4 Å². The van der Waals surface area contributed by atoms with Gasteiger partial charge in [0.2, 0.25) is 0 Å². The van der Waals surface area contributed by atoms with Crippen LogP contribution in [0, 0.1) is 15.5 Å². The maximum Gasteiger partial charge on any atom is 0.328 e. The number of amides is 3. The van der Waals surface area contributed by atoms with Crippen LogP contribution in [0.1, 0.15) is 23.6 Å². The minimum absolute atomic E-state index is 0.0797. The molecular formula is C20H19N5O6. The molecule has 0 spiro atoms. The maximum atomic E-state index is 13.2. The fourth-order valence-electron chi connectivity index (χ4n) is 3.46. The number of carbonyl (C=O) groups excluding carboxylic acids is 2. The van der Waals surface area contributed by atoms with E-state index < -0.39 is 34.9 Å². The number of carboxylic acid groups (broad SMARTS) is 1. The molecule has 1 aliphatic rings. The summed E-state index contributed by atoms with van der Waals surface area (Å²) in [5.41, 5.74) is 5.18. The topological polar surface area (TPSA) is 171 Å². The van der Waals surface area contributed by atoms with Gasteiger partial charge >= 0.3 is 12.0 Å². The van der Waals surface area contributed by atoms with Gasteiger partial charge in [0.05, 0.1) is 4.92 Å². The van der Waals surface area contributed by atoms with Gasteiger partial charge in [0.15, 0.2) is 0 Å². The number of imide groups is 1. The van der Waals surface area contributed by atoms with Crippen molar-refractivity contribution in [2.75, 3.05) is 6.54 Å². The number of hydrogen-bond acceptors (Lipinski definition) is 6. The smallest absolute Gasteiger partial charge is 0.328 e. The number of urea groups is 1. The lowest BCUT2D eigenvalue weighted by Gasteiger charge is -2.32. The van der Waals surface area contributed by atoms with Gasteiger partial charge in [-0.05, 0) is 18.1 Å². The Labute approximate surface area is 176 Å². The number of nitro benzene ring substituents is 1. The highest BCUT2D eigenvalue weighted by Gasteiger charge is 2.55. The first-order valence-corrected chi connectivity index (χ1v) is 9.09. The maximum absolute atomic E-state index is 13.2. The van der Waals surface area contributed by atoms with Crippen molar-refractivity contribution in [2.24, 2.45) is 5.73 Å². The fraction of sp³-hybridized carbons (Fsp3) is 0.200. The van der Waals surface area contributed by atoms with Crippen molar-refractivity contribution in [2.45, 2.75) is 19.0 Å². The number of amidine groups is 1. The second-order valence-electron chi connectivity index (χ2n) is 7.14. The van der Waals surface area contributed by atoms with Crippen LogP contribution in [0.2, 0.25) is 0 Å². The number of hydrogen-bond donors (Lipinski definition) is 3. The SMILES string of the molecule is C[C@@]1(c2ccc(C(=N)N)cc2)C(=O)N(CC(=O)O)C(=O)N1Cc1ccc([N+](=O)[O-])cc1. The van der Waals surface area contributed by atoms with Crippen LogP contribution in [0.15, 0.2) is 48.5 Å². The number of rotatable bonds is 7. The van der Waals surface area contributed by atoms with Crippen molar-refractivity contribution in [3.05, 3.63) is 75.3 Å². The van der Waals surface area contributed by atoms with Crippen molar-refractivity contribution in [3.63, 3.8) is 0 Å². The van der Waals surface area contributed by atoms with Crippen LogP contribution in [-0.4, -0.2) is 50.1 Å². The predicted molar refractivity (Wildman–Crippen MR) is 108 cm³/mol. The monoisotopic (exact) mass is 425 g/mol. The lowest BCUT2D eigenvalue weighted by atomic mass is 9.89. The second kappa shape index (κ2) is 7.86. The van der Waals surface area contributed by atoms with Crippen LogP contribution in [0.3, 0.4) is 0 Å². The molecule has 0 saturated carbocycles. The molecule has 4 N–H and O–H groups in total. The Morgan fingerprint density at radius 3 is 2.23 bits per heavy atom. The molecule has 1 fully saturated rings. The van der Waals surface area contributed by atoms with Crippen LogP contribution >= 0.6 is 0 Å². The third-order valence-corrected chi connectivity index (χ3v) is 5.20. The van der Waals surface area contributed by atoms with E-state index >= 15 is 0 Å². The number of carboxylic acids is 1. The van der Waals surface area contributed by atoms with Crippen LogP contribution in [0.5, 0.6) is 0 Å². The Balaban J connectivity index is 2.04.